The van der Waals surface area contributed by atoms with Crippen LogP contribution in [0.2, 0.25) is 0 Å². The van der Waals surface area contributed by atoms with E-state index in [0.29, 0.717) is 12.5 Å². The van der Waals surface area contributed by atoms with Gasteiger partial charge >= 0.3 is 0 Å². The Balaban J connectivity index is 2.58. The molecule has 0 aliphatic rings. The van der Waals surface area contributed by atoms with Crippen molar-refractivity contribution in [3.8, 4) is 0 Å². The summed E-state index contributed by atoms with van der Waals surface area (Å²) in [6.45, 7) is 2.62. The highest BCUT2D eigenvalue weighted by molar-refractivity contribution is 7.89. The summed E-state index contributed by atoms with van der Waals surface area (Å²) >= 11 is 5.62. The lowest BCUT2D eigenvalue weighted by atomic mass is 10.1. The largest absolute Gasteiger partial charge is 0.380 e. The van der Waals surface area contributed by atoms with Crippen LogP contribution in [-0.4, -0.2) is 27.2 Å². The number of nitrogens with one attached hydrogen (secondary N) is 1. The number of benzene rings is 1. The van der Waals surface area contributed by atoms with E-state index in [0.717, 1.165) is 11.1 Å². The molecule has 0 bridgehead atoms. The monoisotopic (exact) mass is 305 g/mol. The molecular formula is C13H20ClNO3S. The maximum atomic E-state index is 11.8. The molecule has 0 radical (unpaired) electrons. The lowest BCUT2D eigenvalue weighted by Gasteiger charge is -2.10. The van der Waals surface area contributed by atoms with Crippen molar-refractivity contribution in [3.63, 3.8) is 0 Å². The standard InChI is InChI=1S/C13H20ClNO3S/c1-11(7-14)10-19(16,17)15-8-12-4-3-5-13(6-12)9-18-2/h3-6,11,15H,7-10H2,1-2H3. The Hall–Kier alpha value is -0.620. The number of sulfonamides is 1. The molecule has 0 aliphatic carbocycles. The second-order valence-corrected chi connectivity index (χ2v) is 6.78. The van der Waals surface area contributed by atoms with Crippen LogP contribution in [0.15, 0.2) is 24.3 Å². The molecule has 1 aromatic rings. The van der Waals surface area contributed by atoms with Crippen molar-refractivity contribution >= 4 is 21.6 Å². The second kappa shape index (κ2) is 7.85. The molecule has 0 saturated carbocycles. The summed E-state index contributed by atoms with van der Waals surface area (Å²) in [5, 5.41) is 0. The van der Waals surface area contributed by atoms with Crippen LogP contribution >= 0.6 is 11.6 Å². The first-order valence-electron chi connectivity index (χ1n) is 6.07. The van der Waals surface area contributed by atoms with Crippen LogP contribution in [0.5, 0.6) is 0 Å². The first kappa shape index (κ1) is 16.4. The third-order valence-corrected chi connectivity index (χ3v) is 4.68. The quantitative estimate of drug-likeness (QED) is 0.749. The number of alkyl halides is 1. The molecular weight excluding hydrogens is 286 g/mol. The maximum absolute atomic E-state index is 11.8. The van der Waals surface area contributed by atoms with Crippen molar-refractivity contribution in [1.82, 2.24) is 4.72 Å². The fraction of sp³-hybridized carbons (Fsp3) is 0.538. The number of halogens is 1. The summed E-state index contributed by atoms with van der Waals surface area (Å²) in [4.78, 5) is 0. The van der Waals surface area contributed by atoms with E-state index in [2.05, 4.69) is 4.72 Å². The third kappa shape index (κ3) is 6.38. The average Bonchev–Trinajstić information content (AvgIpc) is 2.37. The molecule has 0 aliphatic heterocycles. The molecule has 108 valence electrons. The van der Waals surface area contributed by atoms with Gasteiger partial charge in [-0.3, -0.25) is 0 Å². The number of hydrogen-bond acceptors (Lipinski definition) is 3. The molecule has 4 nitrogen and oxygen atoms in total. The van der Waals surface area contributed by atoms with Crippen LogP contribution in [0.1, 0.15) is 18.1 Å². The topological polar surface area (TPSA) is 55.4 Å². The highest BCUT2D eigenvalue weighted by Crippen LogP contribution is 2.08. The average molecular weight is 306 g/mol. The Morgan fingerprint density at radius 2 is 2.05 bits per heavy atom. The molecule has 0 fully saturated rings. The number of ether oxygens (including phenoxy) is 1. The summed E-state index contributed by atoms with van der Waals surface area (Å²) in [6, 6.07) is 7.64. The summed E-state index contributed by atoms with van der Waals surface area (Å²) in [5.41, 5.74) is 1.94. The van der Waals surface area contributed by atoms with Crippen LogP contribution in [0.25, 0.3) is 0 Å². The predicted molar refractivity (Wildman–Crippen MR) is 77.7 cm³/mol. The van der Waals surface area contributed by atoms with Crippen molar-refractivity contribution in [1.29, 1.82) is 0 Å². The predicted octanol–water partition coefficient (Wildman–Crippen LogP) is 2.13. The molecule has 0 spiro atoms. The zero-order chi connectivity index (χ0) is 14.3. The van der Waals surface area contributed by atoms with Crippen molar-refractivity contribution in [2.45, 2.75) is 20.1 Å². The fourth-order valence-corrected chi connectivity index (χ4v) is 3.28. The van der Waals surface area contributed by atoms with E-state index in [1.54, 1.807) is 7.11 Å². The van der Waals surface area contributed by atoms with Gasteiger partial charge in [0.15, 0.2) is 0 Å². The Kier molecular flexibility index (Phi) is 6.79. The molecule has 1 unspecified atom stereocenters. The smallest absolute Gasteiger partial charge is 0.212 e. The molecule has 0 heterocycles. The van der Waals surface area contributed by atoms with E-state index >= 15 is 0 Å². The SMILES string of the molecule is COCc1cccc(CNS(=O)(=O)CC(C)CCl)c1. The Morgan fingerprint density at radius 1 is 1.37 bits per heavy atom. The highest BCUT2D eigenvalue weighted by atomic mass is 35.5. The lowest BCUT2D eigenvalue weighted by molar-refractivity contribution is 0.185. The molecule has 0 saturated heterocycles. The van der Waals surface area contributed by atoms with E-state index in [1.807, 2.05) is 31.2 Å². The molecule has 1 aromatic carbocycles. The Bertz CT molecular complexity index is 490. The van der Waals surface area contributed by atoms with Gasteiger partial charge in [-0.15, -0.1) is 11.6 Å². The number of rotatable bonds is 8. The van der Waals surface area contributed by atoms with Crippen molar-refractivity contribution < 1.29 is 13.2 Å². The van der Waals surface area contributed by atoms with Gasteiger partial charge in [0.25, 0.3) is 0 Å². The molecule has 0 aromatic heterocycles. The van der Waals surface area contributed by atoms with E-state index < -0.39 is 10.0 Å². The molecule has 1 rings (SSSR count). The lowest BCUT2D eigenvalue weighted by Crippen LogP contribution is -2.29. The minimum atomic E-state index is -3.28. The normalized spacial score (nSPS) is 13.4. The summed E-state index contributed by atoms with van der Waals surface area (Å²) < 4.78 is 31.2. The van der Waals surface area contributed by atoms with Gasteiger partial charge in [-0.2, -0.15) is 0 Å². The highest BCUT2D eigenvalue weighted by Gasteiger charge is 2.14. The van der Waals surface area contributed by atoms with Crippen molar-refractivity contribution in [2.24, 2.45) is 5.92 Å². The van der Waals surface area contributed by atoms with Gasteiger partial charge in [0, 0.05) is 19.5 Å². The summed E-state index contributed by atoms with van der Waals surface area (Å²) in [7, 11) is -1.65. The Morgan fingerprint density at radius 3 is 2.68 bits per heavy atom. The van der Waals surface area contributed by atoms with E-state index in [1.165, 1.54) is 0 Å². The first-order valence-corrected chi connectivity index (χ1v) is 8.25. The number of hydrogen-bond donors (Lipinski definition) is 1. The van der Waals surface area contributed by atoms with Crippen molar-refractivity contribution in [2.75, 3.05) is 18.7 Å². The van der Waals surface area contributed by atoms with Gasteiger partial charge in [-0.05, 0) is 17.0 Å². The van der Waals surface area contributed by atoms with Gasteiger partial charge in [0.2, 0.25) is 10.0 Å². The van der Waals surface area contributed by atoms with Crippen molar-refractivity contribution in [3.05, 3.63) is 35.4 Å². The fourth-order valence-electron chi connectivity index (χ4n) is 1.67. The van der Waals surface area contributed by atoms with Crippen LogP contribution in [0.4, 0.5) is 0 Å². The van der Waals surface area contributed by atoms with Crippen LogP contribution < -0.4 is 4.72 Å². The minimum absolute atomic E-state index is 0.0499. The third-order valence-electron chi connectivity index (χ3n) is 2.57. The van der Waals surface area contributed by atoms with Gasteiger partial charge in [-0.25, -0.2) is 13.1 Å². The van der Waals surface area contributed by atoms with Gasteiger partial charge in [-0.1, -0.05) is 31.2 Å². The molecule has 6 heteroatoms. The molecule has 0 amide bonds. The zero-order valence-corrected chi connectivity index (χ0v) is 12.8. The number of methoxy groups -OCH3 is 1. The Labute approximate surface area is 120 Å². The maximum Gasteiger partial charge on any atom is 0.212 e. The van der Waals surface area contributed by atoms with Gasteiger partial charge in [0.05, 0.1) is 12.4 Å². The van der Waals surface area contributed by atoms with Gasteiger partial charge in [0.1, 0.15) is 0 Å². The second-order valence-electron chi connectivity index (χ2n) is 4.61. The zero-order valence-electron chi connectivity index (χ0n) is 11.2. The summed E-state index contributed by atoms with van der Waals surface area (Å²) in [6.07, 6.45) is 0. The van der Waals surface area contributed by atoms with Crippen LogP contribution in [0, 0.1) is 5.92 Å². The molecule has 1 N–H and O–H groups in total. The molecule has 1 atom stereocenters. The van der Waals surface area contributed by atoms with Gasteiger partial charge < -0.3 is 4.74 Å². The minimum Gasteiger partial charge on any atom is -0.380 e. The summed E-state index contributed by atoms with van der Waals surface area (Å²) in [5.74, 6) is 0.331. The first-order chi connectivity index (χ1) is 8.96. The van der Waals surface area contributed by atoms with E-state index in [9.17, 15) is 8.42 Å². The van der Waals surface area contributed by atoms with E-state index in [4.69, 9.17) is 16.3 Å². The molecule has 19 heavy (non-hydrogen) atoms. The van der Waals surface area contributed by atoms with Crippen LogP contribution in [-0.2, 0) is 27.9 Å². The van der Waals surface area contributed by atoms with E-state index in [-0.39, 0.29) is 18.2 Å². The van der Waals surface area contributed by atoms with Crippen LogP contribution in [0.3, 0.4) is 0 Å².